The van der Waals surface area contributed by atoms with Crippen molar-refractivity contribution < 1.29 is 9.53 Å². The number of benzene rings is 2. The number of nitrogens with one attached hydrogen (secondary N) is 1. The van der Waals surface area contributed by atoms with Crippen LogP contribution in [0.3, 0.4) is 0 Å². The number of carbonyl (C=O) groups excluding carboxylic acids is 1. The average Bonchev–Trinajstić information content (AvgIpc) is 2.45. The second-order valence-corrected chi connectivity index (χ2v) is 5.96. The van der Waals surface area contributed by atoms with Crippen LogP contribution < -0.4 is 10.1 Å². The number of carbonyl (C=O) groups is 1. The predicted octanol–water partition coefficient (Wildman–Crippen LogP) is 4.82. The van der Waals surface area contributed by atoms with Gasteiger partial charge in [-0.25, -0.2) is 0 Å². The zero-order chi connectivity index (χ0) is 15.4. The van der Waals surface area contributed by atoms with Gasteiger partial charge in [0.2, 0.25) is 0 Å². The van der Waals surface area contributed by atoms with Crippen LogP contribution in [0.1, 0.15) is 12.5 Å². The van der Waals surface area contributed by atoms with Gasteiger partial charge in [-0.2, -0.15) is 0 Å². The normalized spacial score (nSPS) is 11.8. The molecule has 2 aromatic carbocycles. The maximum absolute atomic E-state index is 12.1. The second kappa shape index (κ2) is 6.96. The summed E-state index contributed by atoms with van der Waals surface area (Å²) in [6.07, 6.45) is -0.602. The summed E-state index contributed by atoms with van der Waals surface area (Å²) in [7, 11) is 0. The van der Waals surface area contributed by atoms with E-state index >= 15 is 0 Å². The number of hydrogen-bond acceptors (Lipinski definition) is 2. The molecule has 0 aliphatic carbocycles. The molecule has 1 amide bonds. The van der Waals surface area contributed by atoms with Gasteiger partial charge in [-0.15, -0.1) is 0 Å². The standard InChI is InChI=1S/C16H15BrClNO2/c1-10-9-13(5-8-15(10)17)19-16(20)11(2)21-14-6-3-12(18)4-7-14/h3-9,11H,1-2H3,(H,19,20)/t11-/m1/s1. The van der Waals surface area contributed by atoms with E-state index in [4.69, 9.17) is 16.3 Å². The van der Waals surface area contributed by atoms with Crippen molar-refractivity contribution in [2.75, 3.05) is 5.32 Å². The molecule has 0 fully saturated rings. The Labute approximate surface area is 137 Å². The summed E-state index contributed by atoms with van der Waals surface area (Å²) in [6, 6.07) is 12.5. The molecule has 2 aromatic rings. The van der Waals surface area contributed by atoms with Crippen molar-refractivity contribution in [2.24, 2.45) is 0 Å². The van der Waals surface area contributed by atoms with Crippen LogP contribution in [0.15, 0.2) is 46.9 Å². The summed E-state index contributed by atoms with van der Waals surface area (Å²) < 4.78 is 6.58. The Morgan fingerprint density at radius 2 is 1.90 bits per heavy atom. The maximum Gasteiger partial charge on any atom is 0.265 e. The van der Waals surface area contributed by atoms with Gasteiger partial charge in [0.1, 0.15) is 5.75 Å². The zero-order valence-electron chi connectivity index (χ0n) is 11.7. The lowest BCUT2D eigenvalue weighted by Crippen LogP contribution is -2.30. The fraction of sp³-hybridized carbons (Fsp3) is 0.188. The molecule has 0 spiro atoms. The fourth-order valence-corrected chi connectivity index (χ4v) is 2.11. The Morgan fingerprint density at radius 1 is 1.24 bits per heavy atom. The van der Waals surface area contributed by atoms with Crippen molar-refractivity contribution in [3.8, 4) is 5.75 Å². The maximum atomic E-state index is 12.1. The van der Waals surface area contributed by atoms with Gasteiger partial charge in [0, 0.05) is 15.2 Å². The lowest BCUT2D eigenvalue weighted by atomic mass is 10.2. The smallest absolute Gasteiger partial charge is 0.265 e. The minimum Gasteiger partial charge on any atom is -0.481 e. The number of aryl methyl sites for hydroxylation is 1. The van der Waals surface area contributed by atoms with Crippen molar-refractivity contribution in [3.05, 3.63) is 57.5 Å². The largest absolute Gasteiger partial charge is 0.481 e. The highest BCUT2D eigenvalue weighted by molar-refractivity contribution is 9.10. The van der Waals surface area contributed by atoms with Crippen LogP contribution in [0.2, 0.25) is 5.02 Å². The van der Waals surface area contributed by atoms with Gasteiger partial charge in [0.15, 0.2) is 6.10 Å². The lowest BCUT2D eigenvalue weighted by Gasteiger charge is -2.15. The molecule has 0 aliphatic heterocycles. The summed E-state index contributed by atoms with van der Waals surface area (Å²) in [6.45, 7) is 3.67. The van der Waals surface area contributed by atoms with E-state index in [1.807, 2.05) is 25.1 Å². The third-order valence-corrected chi connectivity index (χ3v) is 4.06. The molecule has 5 heteroatoms. The van der Waals surface area contributed by atoms with Gasteiger partial charge in [-0.1, -0.05) is 27.5 Å². The van der Waals surface area contributed by atoms with Crippen molar-refractivity contribution in [1.29, 1.82) is 0 Å². The Bertz CT molecular complexity index is 643. The van der Waals surface area contributed by atoms with E-state index in [2.05, 4.69) is 21.2 Å². The Kier molecular flexibility index (Phi) is 5.26. The molecular formula is C16H15BrClNO2. The van der Waals surface area contributed by atoms with Crippen molar-refractivity contribution in [1.82, 2.24) is 0 Å². The molecule has 0 radical (unpaired) electrons. The van der Waals surface area contributed by atoms with Crippen LogP contribution in [0.25, 0.3) is 0 Å². The summed E-state index contributed by atoms with van der Waals surface area (Å²) in [4.78, 5) is 12.1. The Morgan fingerprint density at radius 3 is 2.52 bits per heavy atom. The number of hydrogen-bond donors (Lipinski definition) is 1. The minimum absolute atomic E-state index is 0.202. The van der Waals surface area contributed by atoms with Crippen molar-refractivity contribution >= 4 is 39.1 Å². The molecule has 0 aromatic heterocycles. The first-order chi connectivity index (χ1) is 9.95. The molecule has 0 heterocycles. The highest BCUT2D eigenvalue weighted by Crippen LogP contribution is 2.21. The fourth-order valence-electron chi connectivity index (χ4n) is 1.74. The highest BCUT2D eigenvalue weighted by atomic mass is 79.9. The van der Waals surface area contributed by atoms with E-state index in [0.717, 1.165) is 15.7 Å². The van der Waals surface area contributed by atoms with E-state index < -0.39 is 6.10 Å². The van der Waals surface area contributed by atoms with E-state index in [-0.39, 0.29) is 5.91 Å². The molecule has 1 atom stereocenters. The highest BCUT2D eigenvalue weighted by Gasteiger charge is 2.15. The first-order valence-corrected chi connectivity index (χ1v) is 7.62. The predicted molar refractivity (Wildman–Crippen MR) is 89.1 cm³/mol. The average molecular weight is 369 g/mol. The lowest BCUT2D eigenvalue weighted by molar-refractivity contribution is -0.122. The number of ether oxygens (including phenoxy) is 1. The minimum atomic E-state index is -0.602. The third-order valence-electron chi connectivity index (χ3n) is 2.92. The van der Waals surface area contributed by atoms with E-state index in [9.17, 15) is 4.79 Å². The van der Waals surface area contributed by atoms with Gasteiger partial charge in [0.25, 0.3) is 5.91 Å². The SMILES string of the molecule is Cc1cc(NC(=O)[C@@H](C)Oc2ccc(Cl)cc2)ccc1Br. The second-order valence-electron chi connectivity index (χ2n) is 4.67. The summed E-state index contributed by atoms with van der Waals surface area (Å²) in [5.41, 5.74) is 1.80. The molecule has 3 nitrogen and oxygen atoms in total. The molecule has 21 heavy (non-hydrogen) atoms. The van der Waals surface area contributed by atoms with Crippen LogP contribution >= 0.6 is 27.5 Å². The van der Waals surface area contributed by atoms with Crippen LogP contribution in [0.5, 0.6) is 5.75 Å². The summed E-state index contributed by atoms with van der Waals surface area (Å²) in [5.74, 6) is 0.403. The first kappa shape index (κ1) is 15.9. The topological polar surface area (TPSA) is 38.3 Å². The van der Waals surface area contributed by atoms with Crippen LogP contribution in [-0.2, 0) is 4.79 Å². The molecule has 0 saturated heterocycles. The molecular weight excluding hydrogens is 354 g/mol. The summed E-state index contributed by atoms with van der Waals surface area (Å²) >= 11 is 9.23. The molecule has 0 aliphatic rings. The number of amides is 1. The number of rotatable bonds is 4. The molecule has 0 unspecified atom stereocenters. The van der Waals surface area contributed by atoms with E-state index in [0.29, 0.717) is 10.8 Å². The van der Waals surface area contributed by atoms with Gasteiger partial charge >= 0.3 is 0 Å². The van der Waals surface area contributed by atoms with Gasteiger partial charge < -0.3 is 10.1 Å². The van der Waals surface area contributed by atoms with Crippen LogP contribution in [-0.4, -0.2) is 12.0 Å². The van der Waals surface area contributed by atoms with Crippen LogP contribution in [0, 0.1) is 6.92 Å². The summed E-state index contributed by atoms with van der Waals surface area (Å²) in [5, 5.41) is 3.46. The van der Waals surface area contributed by atoms with Crippen LogP contribution in [0.4, 0.5) is 5.69 Å². The monoisotopic (exact) mass is 367 g/mol. The third kappa shape index (κ3) is 4.48. The van der Waals surface area contributed by atoms with Crippen molar-refractivity contribution in [3.63, 3.8) is 0 Å². The molecule has 0 saturated carbocycles. The molecule has 1 N–H and O–H groups in total. The molecule has 2 rings (SSSR count). The molecule has 110 valence electrons. The Hall–Kier alpha value is -1.52. The van der Waals surface area contributed by atoms with Gasteiger partial charge in [0.05, 0.1) is 0 Å². The van der Waals surface area contributed by atoms with Crippen molar-refractivity contribution in [2.45, 2.75) is 20.0 Å². The van der Waals surface area contributed by atoms with E-state index in [1.165, 1.54) is 0 Å². The van der Waals surface area contributed by atoms with E-state index in [1.54, 1.807) is 31.2 Å². The Balaban J connectivity index is 1.98. The molecule has 0 bridgehead atoms. The van der Waals surface area contributed by atoms with Gasteiger partial charge in [-0.05, 0) is 61.9 Å². The number of anilines is 1. The quantitative estimate of drug-likeness (QED) is 0.840. The number of halogens is 2. The first-order valence-electron chi connectivity index (χ1n) is 6.45. The zero-order valence-corrected chi connectivity index (χ0v) is 14.0. The van der Waals surface area contributed by atoms with Gasteiger partial charge in [-0.3, -0.25) is 4.79 Å².